The van der Waals surface area contributed by atoms with Crippen LogP contribution in [0, 0.1) is 13.8 Å². The summed E-state index contributed by atoms with van der Waals surface area (Å²) >= 11 is 0. The molecule has 0 saturated carbocycles. The van der Waals surface area contributed by atoms with Crippen molar-refractivity contribution in [2.24, 2.45) is 0 Å². The van der Waals surface area contributed by atoms with Gasteiger partial charge in [-0.15, -0.1) is 12.2 Å². The molecule has 35 heavy (non-hydrogen) atoms. The van der Waals surface area contributed by atoms with Crippen LogP contribution in [0.2, 0.25) is 0 Å². The van der Waals surface area contributed by atoms with E-state index in [-0.39, 0.29) is 44.0 Å². The third kappa shape index (κ3) is 12.1. The van der Waals surface area contributed by atoms with Crippen molar-refractivity contribution in [1.29, 1.82) is 0 Å². The Kier molecular flexibility index (Phi) is 14.9. The van der Waals surface area contributed by atoms with Crippen LogP contribution < -0.4 is 10.2 Å². The van der Waals surface area contributed by atoms with Crippen molar-refractivity contribution in [2.75, 3.05) is 0 Å². The molecule has 0 aliphatic carbocycles. The number of phenols is 2. The van der Waals surface area contributed by atoms with Crippen LogP contribution in [0.1, 0.15) is 91.5 Å². The number of hydrogen-bond acceptors (Lipinski definition) is 5. The van der Waals surface area contributed by atoms with Crippen LogP contribution in [0.4, 0.5) is 0 Å². The van der Waals surface area contributed by atoms with Gasteiger partial charge in [0.15, 0.2) is 0 Å². The minimum Gasteiger partial charge on any atom is -0.852 e. The van der Waals surface area contributed by atoms with E-state index in [1.807, 2.05) is 67.5 Å². The van der Waals surface area contributed by atoms with Gasteiger partial charge in [0.25, 0.3) is 0 Å². The van der Waals surface area contributed by atoms with E-state index in [9.17, 15) is 24.6 Å². The molecule has 0 aliphatic heterocycles. The predicted octanol–water partition coefficient (Wildman–Crippen LogP) is 4.98. The van der Waals surface area contributed by atoms with Crippen LogP contribution in [0.15, 0.2) is 34.1 Å². The van der Waals surface area contributed by atoms with E-state index < -0.39 is 23.0 Å². The molecular formula is C28H44O5STi. The standard InChI is InChI=1S/C22H30O3S.2C3H7O.Ti/c1-13-9-15(21(3,4)5)19(23)17(11-13)26(25)18-12-14(2)10-16(20(18)24)22(6,7)8;2*1-3(2)4;/h9-12,23-24H,1-8H3;2*3H,1-2H3;/q;2*-1;+2. The van der Waals surface area contributed by atoms with Gasteiger partial charge in [-0.25, -0.2) is 4.21 Å². The average Bonchev–Trinajstić information content (AvgIpc) is 2.61. The first-order valence-electron chi connectivity index (χ1n) is 11.6. The Morgan fingerprint density at radius 2 is 0.914 bits per heavy atom. The first kappa shape index (κ1) is 36.0. The molecule has 0 unspecified atom stereocenters. The fourth-order valence-corrected chi connectivity index (χ4v) is 4.43. The fraction of sp³-hybridized carbons (Fsp3) is 0.571. The molecule has 5 nitrogen and oxygen atoms in total. The second kappa shape index (κ2) is 14.5. The van der Waals surface area contributed by atoms with Crippen molar-refractivity contribution in [2.45, 2.75) is 116 Å². The summed E-state index contributed by atoms with van der Waals surface area (Å²) in [6.45, 7) is 22.3. The maximum Gasteiger partial charge on any atom is 2.00 e. The molecule has 2 rings (SSSR count). The van der Waals surface area contributed by atoms with Crippen LogP contribution >= 0.6 is 0 Å². The zero-order valence-corrected chi connectivity index (χ0v) is 25.9. The summed E-state index contributed by atoms with van der Waals surface area (Å²) in [5.41, 5.74) is 2.81. The van der Waals surface area contributed by atoms with Gasteiger partial charge in [-0.3, -0.25) is 0 Å². The Labute approximate surface area is 230 Å². The van der Waals surface area contributed by atoms with Gasteiger partial charge in [0.1, 0.15) is 11.5 Å². The SMILES string of the molecule is CC(C)[O-].CC(C)[O-].Cc1cc(S(=O)c2cc(C)cc(C(C)(C)C)c2O)c(O)c(C(C)(C)C)c1.[Ti+2]. The van der Waals surface area contributed by atoms with E-state index in [1.54, 1.807) is 39.8 Å². The van der Waals surface area contributed by atoms with Gasteiger partial charge in [-0.05, 0) is 47.9 Å². The topological polar surface area (TPSA) is 104 Å². The zero-order chi connectivity index (χ0) is 27.2. The first-order chi connectivity index (χ1) is 15.2. The van der Waals surface area contributed by atoms with Gasteiger partial charge < -0.3 is 20.4 Å². The summed E-state index contributed by atoms with van der Waals surface area (Å²) in [6.07, 6.45) is -0.833. The van der Waals surface area contributed by atoms with Crippen LogP contribution in [-0.2, 0) is 43.3 Å². The molecular weight excluding hydrogens is 496 g/mol. The summed E-state index contributed by atoms with van der Waals surface area (Å²) in [5.74, 6) is 0.0827. The van der Waals surface area contributed by atoms with E-state index in [0.29, 0.717) is 9.79 Å². The van der Waals surface area contributed by atoms with Crippen molar-refractivity contribution >= 4 is 10.8 Å². The number of rotatable bonds is 2. The molecule has 0 heterocycles. The minimum atomic E-state index is -1.68. The zero-order valence-electron chi connectivity index (χ0n) is 23.5. The molecule has 0 saturated heterocycles. The van der Waals surface area contributed by atoms with E-state index in [0.717, 1.165) is 22.3 Å². The van der Waals surface area contributed by atoms with E-state index in [1.165, 1.54) is 0 Å². The van der Waals surface area contributed by atoms with E-state index >= 15 is 0 Å². The number of aryl methyl sites for hydroxylation is 2. The normalized spacial score (nSPS) is 11.5. The maximum atomic E-state index is 13.3. The van der Waals surface area contributed by atoms with E-state index in [4.69, 9.17) is 0 Å². The van der Waals surface area contributed by atoms with Gasteiger partial charge in [0.05, 0.1) is 20.6 Å². The first-order valence-corrected chi connectivity index (χ1v) is 12.8. The number of benzene rings is 2. The molecule has 0 fully saturated rings. The quantitative estimate of drug-likeness (QED) is 0.523. The number of hydrogen-bond donors (Lipinski definition) is 2. The second-order valence-corrected chi connectivity index (χ2v) is 12.6. The minimum absolute atomic E-state index is 0. The maximum absolute atomic E-state index is 13.3. The third-order valence-corrected chi connectivity index (χ3v) is 5.88. The van der Waals surface area contributed by atoms with Crippen LogP contribution in [0.5, 0.6) is 11.5 Å². The Morgan fingerprint density at radius 1 is 0.686 bits per heavy atom. The number of aromatic hydroxyl groups is 2. The van der Waals surface area contributed by atoms with Crippen LogP contribution in [0.25, 0.3) is 0 Å². The summed E-state index contributed by atoms with van der Waals surface area (Å²) in [6, 6.07) is 7.32. The number of phenolic OH excluding ortho intramolecular Hbond substituents is 2. The van der Waals surface area contributed by atoms with Gasteiger partial charge in [-0.1, -0.05) is 81.4 Å². The van der Waals surface area contributed by atoms with Crippen molar-refractivity contribution in [3.63, 3.8) is 0 Å². The van der Waals surface area contributed by atoms with Crippen molar-refractivity contribution in [3.05, 3.63) is 46.5 Å². The molecule has 2 aromatic rings. The molecule has 0 bridgehead atoms. The Bertz CT molecular complexity index is 888. The Morgan fingerprint density at radius 3 is 1.11 bits per heavy atom. The fourth-order valence-electron chi connectivity index (χ4n) is 3.04. The Balaban J connectivity index is 0. The summed E-state index contributed by atoms with van der Waals surface area (Å²) < 4.78 is 13.3. The van der Waals surface area contributed by atoms with Crippen molar-refractivity contribution in [1.82, 2.24) is 0 Å². The molecule has 0 aromatic heterocycles. The Hall–Kier alpha value is -1.18. The van der Waals surface area contributed by atoms with Crippen molar-refractivity contribution < 1.29 is 46.4 Å². The van der Waals surface area contributed by atoms with Gasteiger partial charge >= 0.3 is 21.7 Å². The van der Waals surface area contributed by atoms with Gasteiger partial charge in [-0.2, -0.15) is 0 Å². The largest absolute Gasteiger partial charge is 2.00 e. The molecule has 0 atom stereocenters. The molecule has 0 aliphatic rings. The van der Waals surface area contributed by atoms with Gasteiger partial charge in [0, 0.05) is 11.1 Å². The van der Waals surface area contributed by atoms with Crippen LogP contribution in [0.3, 0.4) is 0 Å². The summed E-state index contributed by atoms with van der Waals surface area (Å²) in [5, 5.41) is 40.6. The van der Waals surface area contributed by atoms with Crippen LogP contribution in [-0.4, -0.2) is 26.6 Å². The molecule has 0 radical (unpaired) electrons. The monoisotopic (exact) mass is 540 g/mol. The summed E-state index contributed by atoms with van der Waals surface area (Å²) in [4.78, 5) is 0.686. The van der Waals surface area contributed by atoms with Crippen molar-refractivity contribution in [3.8, 4) is 11.5 Å². The molecule has 2 N–H and O–H groups in total. The second-order valence-electron chi connectivity index (χ2n) is 11.2. The molecule has 196 valence electrons. The third-order valence-electron chi connectivity index (χ3n) is 4.45. The molecule has 7 heteroatoms. The van der Waals surface area contributed by atoms with Gasteiger partial charge in [0.2, 0.25) is 0 Å². The average molecular weight is 541 g/mol. The van der Waals surface area contributed by atoms with E-state index in [2.05, 4.69) is 0 Å². The molecule has 2 aromatic carbocycles. The summed E-state index contributed by atoms with van der Waals surface area (Å²) in [7, 11) is -1.68. The molecule has 0 spiro atoms. The smallest absolute Gasteiger partial charge is 0.852 e. The molecule has 0 amide bonds. The predicted molar refractivity (Wildman–Crippen MR) is 138 cm³/mol.